The molecular weight excluding hydrogens is 370 g/mol. The Morgan fingerprint density at radius 2 is 1.83 bits per heavy atom. The van der Waals surface area contributed by atoms with Crippen LogP contribution in [0.1, 0.15) is 49.4 Å². The Labute approximate surface area is 179 Å². The van der Waals surface area contributed by atoms with Crippen molar-refractivity contribution in [1.29, 1.82) is 0 Å². The average molecular weight is 398 g/mol. The number of anilines is 1. The van der Waals surface area contributed by atoms with Crippen LogP contribution in [0.4, 0.5) is 5.69 Å². The first kappa shape index (κ1) is 21.3. The molecule has 3 heteroatoms. The SMILES string of the molecule is CC#CCN1CCC(C)(C)c2cc(C#Cc3ccc(/C=C/C(=O)OC)cc3)ccc21. The van der Waals surface area contributed by atoms with Gasteiger partial charge in [-0.1, -0.05) is 43.7 Å². The van der Waals surface area contributed by atoms with Gasteiger partial charge in [0.25, 0.3) is 0 Å². The molecule has 0 N–H and O–H groups in total. The quantitative estimate of drug-likeness (QED) is 0.424. The maximum Gasteiger partial charge on any atom is 0.330 e. The van der Waals surface area contributed by atoms with Crippen LogP contribution in [-0.4, -0.2) is 26.2 Å². The maximum atomic E-state index is 11.2. The highest BCUT2D eigenvalue weighted by atomic mass is 16.5. The van der Waals surface area contributed by atoms with E-state index in [1.165, 1.54) is 24.4 Å². The summed E-state index contributed by atoms with van der Waals surface area (Å²) in [5.74, 6) is 12.4. The number of hydrogen-bond donors (Lipinski definition) is 0. The van der Waals surface area contributed by atoms with E-state index in [-0.39, 0.29) is 11.4 Å². The Hall–Kier alpha value is -3.43. The summed E-state index contributed by atoms with van der Waals surface area (Å²) in [5, 5.41) is 0. The molecule has 152 valence electrons. The number of carbonyl (C=O) groups excluding carboxylic acids is 1. The molecule has 0 bridgehead atoms. The first-order valence-electron chi connectivity index (χ1n) is 10.1. The summed E-state index contributed by atoms with van der Waals surface area (Å²) in [4.78, 5) is 13.5. The molecule has 3 rings (SSSR count). The molecule has 2 aromatic carbocycles. The first-order valence-corrected chi connectivity index (χ1v) is 10.1. The molecule has 0 unspecified atom stereocenters. The molecule has 0 saturated heterocycles. The Morgan fingerprint density at radius 3 is 2.53 bits per heavy atom. The number of carbonyl (C=O) groups is 1. The number of hydrogen-bond acceptors (Lipinski definition) is 3. The summed E-state index contributed by atoms with van der Waals surface area (Å²) in [6.07, 6.45) is 4.23. The normalized spacial score (nSPS) is 14.2. The summed E-state index contributed by atoms with van der Waals surface area (Å²) in [5.41, 5.74) is 5.60. The fourth-order valence-electron chi connectivity index (χ4n) is 3.49. The van der Waals surface area contributed by atoms with E-state index < -0.39 is 0 Å². The zero-order valence-electron chi connectivity index (χ0n) is 18.1. The van der Waals surface area contributed by atoms with E-state index in [4.69, 9.17) is 0 Å². The van der Waals surface area contributed by atoms with E-state index in [1.807, 2.05) is 31.2 Å². The fraction of sp³-hybridized carbons (Fsp3) is 0.296. The fourth-order valence-corrected chi connectivity index (χ4v) is 3.49. The molecule has 0 aliphatic carbocycles. The third-order valence-electron chi connectivity index (χ3n) is 5.39. The Balaban J connectivity index is 1.82. The van der Waals surface area contributed by atoms with Gasteiger partial charge in [0.05, 0.1) is 13.7 Å². The van der Waals surface area contributed by atoms with Gasteiger partial charge in [0.15, 0.2) is 0 Å². The van der Waals surface area contributed by atoms with E-state index in [0.29, 0.717) is 0 Å². The van der Waals surface area contributed by atoms with Gasteiger partial charge in [-0.15, -0.1) is 5.92 Å². The van der Waals surface area contributed by atoms with Crippen LogP contribution >= 0.6 is 0 Å². The van der Waals surface area contributed by atoms with Crippen molar-refractivity contribution in [3.63, 3.8) is 0 Å². The highest BCUT2D eigenvalue weighted by molar-refractivity contribution is 5.86. The predicted octanol–water partition coefficient (Wildman–Crippen LogP) is 4.78. The van der Waals surface area contributed by atoms with Gasteiger partial charge in [-0.05, 0) is 66.3 Å². The van der Waals surface area contributed by atoms with Crippen LogP contribution in [0.2, 0.25) is 0 Å². The van der Waals surface area contributed by atoms with Crippen molar-refractivity contribution in [3.05, 3.63) is 70.8 Å². The van der Waals surface area contributed by atoms with Gasteiger partial charge in [-0.25, -0.2) is 4.79 Å². The van der Waals surface area contributed by atoms with E-state index in [2.05, 4.69) is 65.4 Å². The average Bonchev–Trinajstić information content (AvgIpc) is 2.76. The van der Waals surface area contributed by atoms with Gasteiger partial charge in [-0.3, -0.25) is 0 Å². The summed E-state index contributed by atoms with van der Waals surface area (Å²) >= 11 is 0. The summed E-state index contributed by atoms with van der Waals surface area (Å²) in [7, 11) is 1.37. The van der Waals surface area contributed by atoms with Crippen molar-refractivity contribution in [2.75, 3.05) is 25.1 Å². The van der Waals surface area contributed by atoms with E-state index in [9.17, 15) is 4.79 Å². The van der Waals surface area contributed by atoms with Crippen LogP contribution in [-0.2, 0) is 14.9 Å². The highest BCUT2D eigenvalue weighted by Gasteiger charge is 2.30. The van der Waals surface area contributed by atoms with Crippen molar-refractivity contribution >= 4 is 17.7 Å². The molecule has 0 fully saturated rings. The van der Waals surface area contributed by atoms with Gasteiger partial charge in [0.1, 0.15) is 0 Å². The first-order chi connectivity index (χ1) is 14.4. The van der Waals surface area contributed by atoms with Crippen LogP contribution in [0.15, 0.2) is 48.5 Å². The minimum absolute atomic E-state index is 0.122. The molecule has 0 radical (unpaired) electrons. The number of methoxy groups -OCH3 is 1. The molecule has 0 saturated carbocycles. The predicted molar refractivity (Wildman–Crippen MR) is 123 cm³/mol. The van der Waals surface area contributed by atoms with Gasteiger partial charge >= 0.3 is 5.97 Å². The lowest BCUT2D eigenvalue weighted by Gasteiger charge is -2.39. The van der Waals surface area contributed by atoms with E-state index in [0.717, 1.165) is 36.2 Å². The molecule has 0 aromatic heterocycles. The number of benzene rings is 2. The monoisotopic (exact) mass is 397 g/mol. The molecule has 2 aromatic rings. The lowest BCUT2D eigenvalue weighted by atomic mass is 9.77. The summed E-state index contributed by atoms with van der Waals surface area (Å²) in [6.45, 7) is 8.27. The third kappa shape index (κ3) is 5.13. The van der Waals surface area contributed by atoms with Crippen LogP contribution in [0.3, 0.4) is 0 Å². The molecule has 3 nitrogen and oxygen atoms in total. The minimum Gasteiger partial charge on any atom is -0.466 e. The second-order valence-corrected chi connectivity index (χ2v) is 7.94. The van der Waals surface area contributed by atoms with Crippen molar-refractivity contribution in [1.82, 2.24) is 0 Å². The third-order valence-corrected chi connectivity index (χ3v) is 5.39. The minimum atomic E-state index is -0.366. The largest absolute Gasteiger partial charge is 0.466 e. The molecular formula is C27H27NO2. The van der Waals surface area contributed by atoms with Crippen LogP contribution in [0.5, 0.6) is 0 Å². The van der Waals surface area contributed by atoms with Crippen molar-refractivity contribution in [2.45, 2.75) is 32.6 Å². The molecule has 0 spiro atoms. The van der Waals surface area contributed by atoms with Crippen LogP contribution in [0, 0.1) is 23.7 Å². The zero-order valence-corrected chi connectivity index (χ0v) is 18.1. The van der Waals surface area contributed by atoms with Crippen molar-refractivity contribution < 1.29 is 9.53 Å². The highest BCUT2D eigenvalue weighted by Crippen LogP contribution is 2.39. The van der Waals surface area contributed by atoms with Crippen LogP contribution in [0.25, 0.3) is 6.08 Å². The molecule has 0 atom stereocenters. The zero-order chi connectivity index (χ0) is 21.6. The second kappa shape index (κ2) is 9.38. The molecule has 1 aliphatic rings. The summed E-state index contributed by atoms with van der Waals surface area (Å²) in [6, 6.07) is 14.3. The van der Waals surface area contributed by atoms with Crippen molar-refractivity contribution in [2.24, 2.45) is 0 Å². The molecule has 0 amide bonds. The Bertz CT molecular complexity index is 1070. The van der Waals surface area contributed by atoms with Crippen molar-refractivity contribution in [3.8, 4) is 23.7 Å². The second-order valence-electron chi connectivity index (χ2n) is 7.94. The standard InChI is InChI=1S/C27H27NO2/c1-5-6-18-28-19-17-27(2,3)24-20-23(13-15-25(24)28)12-11-21-7-9-22(10-8-21)14-16-26(29)30-4/h7-10,13-16,20H,17-19H2,1-4H3/b16-14+. The number of nitrogens with zero attached hydrogens (tertiary/aromatic N) is 1. The topological polar surface area (TPSA) is 29.5 Å². The smallest absolute Gasteiger partial charge is 0.330 e. The number of ether oxygens (including phenoxy) is 1. The molecule has 1 heterocycles. The summed E-state index contributed by atoms with van der Waals surface area (Å²) < 4.78 is 4.61. The molecule has 30 heavy (non-hydrogen) atoms. The number of esters is 1. The van der Waals surface area contributed by atoms with Crippen LogP contribution < -0.4 is 4.90 Å². The number of fused-ring (bicyclic) bond motifs is 1. The number of rotatable bonds is 3. The Morgan fingerprint density at radius 1 is 1.13 bits per heavy atom. The lowest BCUT2D eigenvalue weighted by molar-refractivity contribution is -0.134. The van der Waals surface area contributed by atoms with Gasteiger partial charge < -0.3 is 9.64 Å². The molecule has 1 aliphatic heterocycles. The van der Waals surface area contributed by atoms with E-state index in [1.54, 1.807) is 6.08 Å². The maximum absolute atomic E-state index is 11.2. The van der Waals surface area contributed by atoms with Gasteiger partial charge in [0.2, 0.25) is 0 Å². The van der Waals surface area contributed by atoms with Gasteiger partial charge in [0, 0.05) is 29.4 Å². The van der Waals surface area contributed by atoms with E-state index >= 15 is 0 Å². The van der Waals surface area contributed by atoms with Gasteiger partial charge in [-0.2, -0.15) is 0 Å². The Kier molecular flexibility index (Phi) is 6.65. The lowest BCUT2D eigenvalue weighted by Crippen LogP contribution is -2.37.